The number of ether oxygens (including phenoxy) is 1. The first-order valence-electron chi connectivity index (χ1n) is 8.96. The largest absolute Gasteiger partial charge is 0.454 e. The van der Waals surface area contributed by atoms with Crippen LogP contribution >= 0.6 is 11.6 Å². The van der Waals surface area contributed by atoms with Gasteiger partial charge in [0, 0.05) is 21.7 Å². The number of carbonyl (C=O) groups excluding carboxylic acids is 3. The van der Waals surface area contributed by atoms with Gasteiger partial charge in [0.1, 0.15) is 0 Å². The third-order valence-corrected chi connectivity index (χ3v) is 4.30. The maximum atomic E-state index is 12.5. The second-order valence-corrected chi connectivity index (χ2v) is 8.02. The molecule has 0 spiro atoms. The minimum absolute atomic E-state index is 0.0621. The van der Waals surface area contributed by atoms with E-state index in [2.05, 4.69) is 5.32 Å². The van der Waals surface area contributed by atoms with Crippen molar-refractivity contribution >= 4 is 34.9 Å². The summed E-state index contributed by atoms with van der Waals surface area (Å²) >= 11 is 5.82. The second kappa shape index (κ2) is 9.02. The molecule has 0 aromatic heterocycles. The summed E-state index contributed by atoms with van der Waals surface area (Å²) in [5, 5.41) is 3.38. The monoisotopic (exact) mass is 401 g/mol. The number of rotatable bonds is 6. The average Bonchev–Trinajstić information content (AvgIpc) is 2.62. The van der Waals surface area contributed by atoms with Crippen LogP contribution in [-0.4, -0.2) is 23.8 Å². The third kappa shape index (κ3) is 6.20. The Hall–Kier alpha value is -2.66. The smallest absolute Gasteiger partial charge is 0.310 e. The summed E-state index contributed by atoms with van der Waals surface area (Å²) in [4.78, 5) is 36.6. The number of ketones is 1. The summed E-state index contributed by atoms with van der Waals surface area (Å²) in [6, 6.07) is 13.4. The summed E-state index contributed by atoms with van der Waals surface area (Å²) in [5.41, 5.74) is 1.25. The van der Waals surface area contributed by atoms with Crippen molar-refractivity contribution in [2.75, 3.05) is 5.32 Å². The number of amides is 1. The Bertz CT molecular complexity index is 852. The zero-order chi connectivity index (χ0) is 20.9. The van der Waals surface area contributed by atoms with E-state index in [-0.39, 0.29) is 18.1 Å². The van der Waals surface area contributed by atoms with Crippen LogP contribution in [0.15, 0.2) is 48.5 Å². The molecule has 0 aliphatic heterocycles. The average molecular weight is 402 g/mol. The molecule has 28 heavy (non-hydrogen) atoms. The van der Waals surface area contributed by atoms with Crippen molar-refractivity contribution in [2.45, 2.75) is 40.2 Å². The minimum Gasteiger partial charge on any atom is -0.454 e. The molecule has 148 valence electrons. The molecule has 1 amide bonds. The predicted octanol–water partition coefficient (Wildman–Crippen LogP) is 4.68. The van der Waals surface area contributed by atoms with E-state index >= 15 is 0 Å². The van der Waals surface area contributed by atoms with Gasteiger partial charge in [-0.3, -0.25) is 14.4 Å². The number of halogens is 1. The number of hydrogen-bond acceptors (Lipinski definition) is 4. The van der Waals surface area contributed by atoms with Gasteiger partial charge in [-0.25, -0.2) is 0 Å². The molecule has 0 fully saturated rings. The molecule has 6 heteroatoms. The highest BCUT2D eigenvalue weighted by Crippen LogP contribution is 2.18. The number of hydrogen-bond donors (Lipinski definition) is 1. The van der Waals surface area contributed by atoms with Gasteiger partial charge in [-0.2, -0.15) is 0 Å². The Labute approximate surface area is 170 Å². The number of carbonyl (C=O) groups is 3. The molecule has 2 aromatic carbocycles. The molecule has 1 N–H and O–H groups in total. The molecule has 0 saturated carbocycles. The first-order chi connectivity index (χ1) is 13.1. The van der Waals surface area contributed by atoms with Gasteiger partial charge in [-0.1, -0.05) is 44.5 Å². The van der Waals surface area contributed by atoms with Crippen LogP contribution in [0.2, 0.25) is 5.02 Å². The van der Waals surface area contributed by atoms with Gasteiger partial charge in [-0.15, -0.1) is 0 Å². The molecule has 0 bridgehead atoms. The Balaban J connectivity index is 1.94. The van der Waals surface area contributed by atoms with E-state index in [0.717, 1.165) is 5.56 Å². The molecule has 0 aliphatic carbocycles. The molecule has 2 aromatic rings. The third-order valence-electron chi connectivity index (χ3n) is 4.05. The van der Waals surface area contributed by atoms with E-state index in [1.807, 2.05) is 20.8 Å². The van der Waals surface area contributed by atoms with E-state index in [0.29, 0.717) is 16.3 Å². The lowest BCUT2D eigenvalue weighted by molar-refractivity contribution is -0.145. The summed E-state index contributed by atoms with van der Waals surface area (Å²) in [5.74, 6) is -0.911. The molecular formula is C22H24ClNO4. The lowest BCUT2D eigenvalue weighted by atomic mass is 9.95. The van der Waals surface area contributed by atoms with Crippen LogP contribution in [-0.2, 0) is 20.7 Å². The molecule has 0 saturated heterocycles. The Morgan fingerprint density at radius 3 is 2.11 bits per heavy atom. The zero-order valence-electron chi connectivity index (χ0n) is 16.4. The van der Waals surface area contributed by atoms with E-state index in [9.17, 15) is 14.4 Å². The highest BCUT2D eigenvalue weighted by molar-refractivity contribution is 6.30. The van der Waals surface area contributed by atoms with Crippen LogP contribution in [0.1, 0.15) is 43.6 Å². The van der Waals surface area contributed by atoms with Crippen LogP contribution in [0.5, 0.6) is 0 Å². The molecule has 0 unspecified atom stereocenters. The molecule has 1 atom stereocenters. The quantitative estimate of drug-likeness (QED) is 0.563. The minimum atomic E-state index is -0.908. The fourth-order valence-electron chi connectivity index (χ4n) is 2.33. The molecule has 0 radical (unpaired) electrons. The van der Waals surface area contributed by atoms with Crippen LogP contribution in [0.25, 0.3) is 0 Å². The van der Waals surface area contributed by atoms with Crippen LogP contribution in [0.4, 0.5) is 5.69 Å². The van der Waals surface area contributed by atoms with E-state index in [1.54, 1.807) is 48.5 Å². The first-order valence-corrected chi connectivity index (χ1v) is 9.34. The van der Waals surface area contributed by atoms with Gasteiger partial charge in [0.05, 0.1) is 6.42 Å². The van der Waals surface area contributed by atoms with Crippen molar-refractivity contribution in [1.29, 1.82) is 0 Å². The highest BCUT2D eigenvalue weighted by atomic mass is 35.5. The molecule has 2 rings (SSSR count). The van der Waals surface area contributed by atoms with Gasteiger partial charge in [-0.05, 0) is 48.9 Å². The maximum Gasteiger partial charge on any atom is 0.310 e. The summed E-state index contributed by atoms with van der Waals surface area (Å²) in [7, 11) is 0. The number of benzene rings is 2. The lowest BCUT2D eigenvalue weighted by Gasteiger charge is -2.18. The highest BCUT2D eigenvalue weighted by Gasteiger charge is 2.22. The number of anilines is 1. The molecule has 0 heterocycles. The number of nitrogens with one attached hydrogen (secondary N) is 1. The maximum absolute atomic E-state index is 12.5. The van der Waals surface area contributed by atoms with Crippen molar-refractivity contribution in [2.24, 2.45) is 5.41 Å². The normalized spacial score (nSPS) is 12.2. The van der Waals surface area contributed by atoms with Gasteiger partial charge in [0.25, 0.3) is 0 Å². The standard InChI is InChI=1S/C22H24ClNO4/c1-14(28-19(25)13-15-5-9-17(23)10-6-15)20(26)16-7-11-18(12-8-16)24-21(27)22(2,3)4/h5-12,14H,13H2,1-4H3,(H,24,27)/t14-/m0/s1. The summed E-state index contributed by atoms with van der Waals surface area (Å²) < 4.78 is 5.25. The predicted molar refractivity (Wildman–Crippen MR) is 110 cm³/mol. The lowest BCUT2D eigenvalue weighted by Crippen LogP contribution is -2.27. The number of esters is 1. The summed E-state index contributed by atoms with van der Waals surface area (Å²) in [6.07, 6.45) is -0.846. The van der Waals surface area contributed by atoms with Crippen molar-refractivity contribution in [3.05, 3.63) is 64.7 Å². The van der Waals surface area contributed by atoms with Gasteiger partial charge >= 0.3 is 5.97 Å². The zero-order valence-corrected chi connectivity index (χ0v) is 17.2. The Kier molecular flexibility index (Phi) is 6.97. The summed E-state index contributed by atoms with van der Waals surface area (Å²) in [6.45, 7) is 7.00. The van der Waals surface area contributed by atoms with Crippen molar-refractivity contribution in [3.63, 3.8) is 0 Å². The topological polar surface area (TPSA) is 72.5 Å². The van der Waals surface area contributed by atoms with Gasteiger partial charge in [0.2, 0.25) is 11.7 Å². The fraction of sp³-hybridized carbons (Fsp3) is 0.318. The first kappa shape index (κ1) is 21.6. The molecule has 0 aliphatic rings. The van der Waals surface area contributed by atoms with Crippen molar-refractivity contribution < 1.29 is 19.1 Å². The van der Waals surface area contributed by atoms with Gasteiger partial charge < -0.3 is 10.1 Å². The van der Waals surface area contributed by atoms with Crippen molar-refractivity contribution in [1.82, 2.24) is 0 Å². The van der Waals surface area contributed by atoms with Crippen LogP contribution in [0, 0.1) is 5.41 Å². The van der Waals surface area contributed by atoms with Crippen molar-refractivity contribution in [3.8, 4) is 0 Å². The van der Waals surface area contributed by atoms with Gasteiger partial charge in [0.15, 0.2) is 6.10 Å². The SMILES string of the molecule is C[C@H](OC(=O)Cc1ccc(Cl)cc1)C(=O)c1ccc(NC(=O)C(C)(C)C)cc1. The van der Waals surface area contributed by atoms with E-state index < -0.39 is 17.5 Å². The number of Topliss-reactive ketones (excluding diaryl/α,β-unsaturated/α-hetero) is 1. The fourth-order valence-corrected chi connectivity index (χ4v) is 2.46. The molecular weight excluding hydrogens is 378 g/mol. The Morgan fingerprint density at radius 2 is 1.57 bits per heavy atom. The second-order valence-electron chi connectivity index (χ2n) is 7.58. The molecule has 5 nitrogen and oxygen atoms in total. The van der Waals surface area contributed by atoms with E-state index in [4.69, 9.17) is 16.3 Å². The van der Waals surface area contributed by atoms with Crippen LogP contribution < -0.4 is 5.32 Å². The van der Waals surface area contributed by atoms with Crippen LogP contribution in [0.3, 0.4) is 0 Å². The Morgan fingerprint density at radius 1 is 1.00 bits per heavy atom. The van der Waals surface area contributed by atoms with E-state index in [1.165, 1.54) is 6.92 Å².